The van der Waals surface area contributed by atoms with Gasteiger partial charge in [0.1, 0.15) is 5.75 Å². The minimum absolute atomic E-state index is 0.650. The predicted molar refractivity (Wildman–Crippen MR) is 99.0 cm³/mol. The number of rotatable bonds is 6. The number of ether oxygens (including phenoxy) is 1. The lowest BCUT2D eigenvalue weighted by Crippen LogP contribution is -2.36. The van der Waals surface area contributed by atoms with Gasteiger partial charge in [0.2, 0.25) is 5.16 Å². The van der Waals surface area contributed by atoms with E-state index in [1.807, 2.05) is 12.1 Å². The lowest BCUT2D eigenvalue weighted by Gasteiger charge is -2.32. The van der Waals surface area contributed by atoms with Crippen LogP contribution in [0.25, 0.3) is 11.4 Å². The minimum Gasteiger partial charge on any atom is -0.496 e. The number of hydrogen-bond donors (Lipinski definition) is 1. The van der Waals surface area contributed by atoms with Gasteiger partial charge in [-0.05, 0) is 51.1 Å². The van der Waals surface area contributed by atoms with Crippen LogP contribution in [-0.4, -0.2) is 52.6 Å². The summed E-state index contributed by atoms with van der Waals surface area (Å²) in [6.45, 7) is 1.22. The first-order valence-electron chi connectivity index (χ1n) is 8.26. The summed E-state index contributed by atoms with van der Waals surface area (Å²) in [5, 5.41) is 8.72. The quantitative estimate of drug-likeness (QED) is 0.780. The maximum absolute atomic E-state index is 6.09. The Hall–Kier alpha value is -1.24. The number of halogens is 1. The summed E-state index contributed by atoms with van der Waals surface area (Å²) in [5.74, 6) is 2.45. The van der Waals surface area contributed by atoms with Crippen LogP contribution >= 0.6 is 23.4 Å². The SMILES string of the molecule is COc1ccc(Cl)cc1-c1nc(SCCC2CCCCN2C)n[nH]1. The van der Waals surface area contributed by atoms with E-state index in [0.717, 1.165) is 22.2 Å². The fourth-order valence-electron chi connectivity index (χ4n) is 3.09. The zero-order valence-electron chi connectivity index (χ0n) is 14.1. The predicted octanol–water partition coefficient (Wildman–Crippen LogP) is 4.10. The summed E-state index contributed by atoms with van der Waals surface area (Å²) in [4.78, 5) is 7.05. The van der Waals surface area contributed by atoms with Gasteiger partial charge in [-0.3, -0.25) is 5.10 Å². The average Bonchev–Trinajstić information content (AvgIpc) is 3.05. The molecule has 1 aromatic heterocycles. The largest absolute Gasteiger partial charge is 0.496 e. The third-order valence-electron chi connectivity index (χ3n) is 4.49. The molecule has 1 N–H and O–H groups in total. The Bertz CT molecular complexity index is 678. The number of methoxy groups -OCH3 is 1. The van der Waals surface area contributed by atoms with Crippen molar-refractivity contribution in [3.05, 3.63) is 23.2 Å². The van der Waals surface area contributed by atoms with Crippen molar-refractivity contribution in [2.75, 3.05) is 26.5 Å². The number of nitrogens with zero attached hydrogens (tertiary/aromatic N) is 3. The molecule has 1 atom stereocenters. The van der Waals surface area contributed by atoms with Gasteiger partial charge >= 0.3 is 0 Å². The molecular formula is C17H23ClN4OS. The average molecular weight is 367 g/mol. The standard InChI is InChI=1S/C17H23ClN4OS/c1-22-9-4-3-5-13(22)8-10-24-17-19-16(20-21-17)14-11-12(18)6-7-15(14)23-2/h6-7,11,13H,3-5,8-10H2,1-2H3,(H,19,20,21). The molecule has 0 aliphatic carbocycles. The number of benzene rings is 1. The second-order valence-electron chi connectivity index (χ2n) is 6.08. The highest BCUT2D eigenvalue weighted by Crippen LogP contribution is 2.31. The molecule has 0 amide bonds. The van der Waals surface area contributed by atoms with Gasteiger partial charge < -0.3 is 9.64 Å². The van der Waals surface area contributed by atoms with Crippen LogP contribution in [0.4, 0.5) is 0 Å². The van der Waals surface area contributed by atoms with E-state index in [2.05, 4.69) is 27.1 Å². The summed E-state index contributed by atoms with van der Waals surface area (Å²) in [7, 11) is 3.87. The number of hydrogen-bond acceptors (Lipinski definition) is 5. The van der Waals surface area contributed by atoms with Crippen LogP contribution in [0.1, 0.15) is 25.7 Å². The van der Waals surface area contributed by atoms with E-state index in [-0.39, 0.29) is 0 Å². The molecule has 24 heavy (non-hydrogen) atoms. The minimum atomic E-state index is 0.650. The van der Waals surface area contributed by atoms with Gasteiger partial charge in [0, 0.05) is 16.8 Å². The molecule has 1 fully saturated rings. The Morgan fingerprint density at radius 1 is 1.42 bits per heavy atom. The van der Waals surface area contributed by atoms with Crippen LogP contribution in [0, 0.1) is 0 Å². The molecule has 0 radical (unpaired) electrons. The molecule has 1 aliphatic rings. The first-order chi connectivity index (χ1) is 11.7. The third kappa shape index (κ3) is 4.23. The lowest BCUT2D eigenvalue weighted by atomic mass is 10.0. The highest BCUT2D eigenvalue weighted by Gasteiger charge is 2.19. The molecule has 0 spiro atoms. The van der Waals surface area contributed by atoms with Crippen molar-refractivity contribution in [3.63, 3.8) is 0 Å². The van der Waals surface area contributed by atoms with Crippen molar-refractivity contribution in [1.82, 2.24) is 20.1 Å². The number of thioether (sulfide) groups is 1. The highest BCUT2D eigenvalue weighted by molar-refractivity contribution is 7.99. The van der Waals surface area contributed by atoms with Crippen molar-refractivity contribution in [1.29, 1.82) is 0 Å². The van der Waals surface area contributed by atoms with Crippen molar-refractivity contribution >= 4 is 23.4 Å². The summed E-state index contributed by atoms with van der Waals surface area (Å²) >= 11 is 7.78. The van der Waals surface area contributed by atoms with Crippen LogP contribution in [0.3, 0.4) is 0 Å². The monoisotopic (exact) mass is 366 g/mol. The maximum atomic E-state index is 6.09. The second-order valence-corrected chi connectivity index (χ2v) is 7.58. The molecule has 1 saturated heterocycles. The summed E-state index contributed by atoms with van der Waals surface area (Å²) < 4.78 is 5.38. The fraction of sp³-hybridized carbons (Fsp3) is 0.529. The van der Waals surface area contributed by atoms with Gasteiger partial charge in [-0.25, -0.2) is 4.98 Å². The van der Waals surface area contributed by atoms with Gasteiger partial charge in [-0.1, -0.05) is 29.8 Å². The van der Waals surface area contributed by atoms with E-state index in [1.54, 1.807) is 24.9 Å². The van der Waals surface area contributed by atoms with Gasteiger partial charge in [-0.2, -0.15) is 0 Å². The molecule has 7 heteroatoms. The second kappa shape index (κ2) is 8.23. The van der Waals surface area contributed by atoms with Crippen molar-refractivity contribution in [3.8, 4) is 17.1 Å². The molecule has 5 nitrogen and oxygen atoms in total. The van der Waals surface area contributed by atoms with Gasteiger partial charge in [0.15, 0.2) is 5.82 Å². The molecule has 1 aromatic carbocycles. The van der Waals surface area contributed by atoms with E-state index in [1.165, 1.54) is 32.2 Å². The zero-order valence-corrected chi connectivity index (χ0v) is 15.7. The molecule has 3 rings (SSSR count). The number of aromatic amines is 1. The molecular weight excluding hydrogens is 344 g/mol. The molecule has 130 valence electrons. The van der Waals surface area contributed by atoms with E-state index in [4.69, 9.17) is 16.3 Å². The fourth-order valence-corrected chi connectivity index (χ4v) is 4.10. The third-order valence-corrected chi connectivity index (χ3v) is 5.60. The van der Waals surface area contributed by atoms with Crippen LogP contribution in [0.15, 0.2) is 23.4 Å². The summed E-state index contributed by atoms with van der Waals surface area (Å²) in [6.07, 6.45) is 5.15. The van der Waals surface area contributed by atoms with Crippen molar-refractivity contribution in [2.24, 2.45) is 0 Å². The molecule has 0 bridgehead atoms. The van der Waals surface area contributed by atoms with Crippen molar-refractivity contribution in [2.45, 2.75) is 36.9 Å². The Kier molecular flexibility index (Phi) is 6.03. The highest BCUT2D eigenvalue weighted by atomic mass is 35.5. The van der Waals surface area contributed by atoms with Crippen LogP contribution in [-0.2, 0) is 0 Å². The number of nitrogens with one attached hydrogen (secondary N) is 1. The lowest BCUT2D eigenvalue weighted by molar-refractivity contribution is 0.182. The van der Waals surface area contributed by atoms with E-state index < -0.39 is 0 Å². The Balaban J connectivity index is 1.60. The number of H-pyrrole nitrogens is 1. The normalized spacial score (nSPS) is 18.7. The zero-order chi connectivity index (χ0) is 16.9. The van der Waals surface area contributed by atoms with E-state index in [9.17, 15) is 0 Å². The molecule has 1 unspecified atom stereocenters. The van der Waals surface area contributed by atoms with E-state index in [0.29, 0.717) is 16.9 Å². The Morgan fingerprint density at radius 2 is 2.29 bits per heavy atom. The first-order valence-corrected chi connectivity index (χ1v) is 9.63. The van der Waals surface area contributed by atoms with Crippen LogP contribution in [0.5, 0.6) is 5.75 Å². The number of piperidine rings is 1. The number of aromatic nitrogens is 3. The van der Waals surface area contributed by atoms with Crippen molar-refractivity contribution < 1.29 is 4.74 Å². The van der Waals surface area contributed by atoms with Gasteiger partial charge in [-0.15, -0.1) is 5.10 Å². The maximum Gasteiger partial charge on any atom is 0.208 e. The molecule has 1 aliphatic heterocycles. The summed E-state index contributed by atoms with van der Waals surface area (Å²) in [6, 6.07) is 6.17. The molecule has 0 saturated carbocycles. The molecule has 2 heterocycles. The smallest absolute Gasteiger partial charge is 0.208 e. The van der Waals surface area contributed by atoms with Crippen LogP contribution in [0.2, 0.25) is 5.02 Å². The Labute approximate surface area is 152 Å². The first kappa shape index (κ1) is 17.6. The van der Waals surface area contributed by atoms with E-state index >= 15 is 0 Å². The molecule has 2 aromatic rings. The number of likely N-dealkylation sites (tertiary alicyclic amines) is 1. The summed E-state index contributed by atoms with van der Waals surface area (Å²) in [5.41, 5.74) is 0.830. The van der Waals surface area contributed by atoms with Gasteiger partial charge in [0.25, 0.3) is 0 Å². The van der Waals surface area contributed by atoms with Crippen LogP contribution < -0.4 is 4.74 Å². The topological polar surface area (TPSA) is 54.0 Å². The van der Waals surface area contributed by atoms with Gasteiger partial charge in [0.05, 0.1) is 12.7 Å². The Morgan fingerprint density at radius 3 is 3.08 bits per heavy atom.